The summed E-state index contributed by atoms with van der Waals surface area (Å²) in [6, 6.07) is 1.95. The lowest BCUT2D eigenvalue weighted by Crippen LogP contribution is -2.02. The first kappa shape index (κ1) is 11.5. The molecule has 1 aromatic carbocycles. The molecule has 0 radical (unpaired) electrons. The van der Waals surface area contributed by atoms with Crippen molar-refractivity contribution in [2.24, 2.45) is 0 Å². The van der Waals surface area contributed by atoms with Gasteiger partial charge in [-0.1, -0.05) is 24.3 Å². The Bertz CT molecular complexity index is 404. The first-order valence-corrected chi connectivity index (χ1v) is 4.40. The number of ether oxygens (including phenoxy) is 1. The average Bonchev–Trinajstić information content (AvgIpc) is 2.16. The van der Waals surface area contributed by atoms with Gasteiger partial charge >= 0.3 is 5.97 Å². The van der Waals surface area contributed by atoms with Crippen LogP contribution < -0.4 is 4.74 Å². The quantitative estimate of drug-likeness (QED) is 0.809. The van der Waals surface area contributed by atoms with Crippen LogP contribution in [-0.4, -0.2) is 17.7 Å². The average molecular weight is 231 g/mol. The molecule has 0 atom stereocenters. The number of halogens is 2. The molecule has 0 aromatic heterocycles. The normalized spacial score (nSPS) is 9.73. The van der Waals surface area contributed by atoms with E-state index < -0.39 is 17.3 Å². The summed E-state index contributed by atoms with van der Waals surface area (Å²) in [6.07, 6.45) is 1.47. The largest absolute Gasteiger partial charge is 0.488 e. The van der Waals surface area contributed by atoms with Crippen LogP contribution in [0.25, 0.3) is 0 Å². The Morgan fingerprint density at radius 2 is 2.33 bits per heavy atom. The fraction of sp³-hybridized carbons (Fsp3) is 0.100. The van der Waals surface area contributed by atoms with Gasteiger partial charge in [0.2, 0.25) is 0 Å². The minimum atomic E-state index is -1.37. The van der Waals surface area contributed by atoms with E-state index in [-0.39, 0.29) is 17.4 Å². The van der Waals surface area contributed by atoms with Crippen molar-refractivity contribution in [2.45, 2.75) is 0 Å². The summed E-state index contributed by atoms with van der Waals surface area (Å²) in [5.41, 5.74) is -0.474. The molecule has 0 aliphatic rings. The van der Waals surface area contributed by atoms with E-state index in [2.05, 4.69) is 6.58 Å². The fourth-order valence-corrected chi connectivity index (χ4v) is 1.16. The number of rotatable bonds is 4. The van der Waals surface area contributed by atoms with Crippen molar-refractivity contribution in [1.82, 2.24) is 0 Å². The van der Waals surface area contributed by atoms with Gasteiger partial charge in [0.05, 0.1) is 10.6 Å². The molecule has 0 saturated heterocycles. The molecule has 0 amide bonds. The van der Waals surface area contributed by atoms with Gasteiger partial charge in [0, 0.05) is 0 Å². The lowest BCUT2D eigenvalue weighted by Gasteiger charge is -2.07. The van der Waals surface area contributed by atoms with Gasteiger partial charge < -0.3 is 9.84 Å². The molecule has 15 heavy (non-hydrogen) atoms. The van der Waals surface area contributed by atoms with Crippen LogP contribution in [0.3, 0.4) is 0 Å². The van der Waals surface area contributed by atoms with E-state index in [1.165, 1.54) is 6.08 Å². The number of carboxylic acids is 1. The van der Waals surface area contributed by atoms with Gasteiger partial charge in [-0.3, -0.25) is 0 Å². The molecule has 80 valence electrons. The standard InChI is InChI=1S/C10H8ClFO3/c1-2-3-15-9-4-6(10(13)14)8(12)5-7(9)11/h2,4-5H,1,3H2,(H,13,14). The molecule has 3 nitrogen and oxygen atoms in total. The maximum atomic E-state index is 13.1. The van der Waals surface area contributed by atoms with E-state index in [4.69, 9.17) is 21.4 Å². The number of hydrogen-bond acceptors (Lipinski definition) is 2. The number of carbonyl (C=O) groups is 1. The van der Waals surface area contributed by atoms with Crippen molar-refractivity contribution < 1.29 is 19.0 Å². The summed E-state index contributed by atoms with van der Waals surface area (Å²) in [6.45, 7) is 3.59. The van der Waals surface area contributed by atoms with E-state index in [0.29, 0.717) is 0 Å². The molecule has 0 spiro atoms. The third kappa shape index (κ3) is 2.70. The second kappa shape index (κ2) is 4.79. The molecule has 0 heterocycles. The number of benzene rings is 1. The van der Waals surface area contributed by atoms with Crippen LogP contribution in [0.15, 0.2) is 24.8 Å². The van der Waals surface area contributed by atoms with E-state index in [0.717, 1.165) is 12.1 Å². The van der Waals surface area contributed by atoms with Crippen molar-refractivity contribution in [3.8, 4) is 5.75 Å². The minimum absolute atomic E-state index is 0.0272. The van der Waals surface area contributed by atoms with Crippen molar-refractivity contribution in [3.63, 3.8) is 0 Å². The molecule has 0 bridgehead atoms. The monoisotopic (exact) mass is 230 g/mol. The van der Waals surface area contributed by atoms with E-state index >= 15 is 0 Å². The van der Waals surface area contributed by atoms with Gasteiger partial charge in [-0.25, -0.2) is 9.18 Å². The fourth-order valence-electron chi connectivity index (χ4n) is 0.952. The van der Waals surface area contributed by atoms with Crippen LogP contribution in [-0.2, 0) is 0 Å². The van der Waals surface area contributed by atoms with Crippen LogP contribution in [0, 0.1) is 5.82 Å². The van der Waals surface area contributed by atoms with Crippen LogP contribution in [0.4, 0.5) is 4.39 Å². The Morgan fingerprint density at radius 1 is 1.67 bits per heavy atom. The maximum absolute atomic E-state index is 13.1. The zero-order chi connectivity index (χ0) is 11.4. The molecule has 1 N–H and O–H groups in total. The van der Waals surface area contributed by atoms with E-state index in [1.54, 1.807) is 0 Å². The van der Waals surface area contributed by atoms with Gasteiger partial charge in [-0.2, -0.15) is 0 Å². The minimum Gasteiger partial charge on any atom is -0.488 e. The Labute approximate surface area is 90.7 Å². The zero-order valence-corrected chi connectivity index (χ0v) is 8.42. The highest BCUT2D eigenvalue weighted by Gasteiger charge is 2.14. The van der Waals surface area contributed by atoms with Gasteiger partial charge in [-0.05, 0) is 12.1 Å². The molecule has 0 aliphatic carbocycles. The SMILES string of the molecule is C=CCOc1cc(C(=O)O)c(F)cc1Cl. The molecular formula is C10H8ClFO3. The van der Waals surface area contributed by atoms with Crippen LogP contribution in [0.1, 0.15) is 10.4 Å². The van der Waals surface area contributed by atoms with Crippen molar-refractivity contribution in [2.75, 3.05) is 6.61 Å². The molecule has 0 aliphatic heterocycles. The highest BCUT2D eigenvalue weighted by atomic mass is 35.5. The van der Waals surface area contributed by atoms with Gasteiger partial charge in [0.1, 0.15) is 18.2 Å². The summed E-state index contributed by atoms with van der Waals surface area (Å²) in [4.78, 5) is 10.6. The molecule has 5 heteroatoms. The molecule has 0 fully saturated rings. The smallest absolute Gasteiger partial charge is 0.338 e. The van der Waals surface area contributed by atoms with Crippen LogP contribution >= 0.6 is 11.6 Å². The third-order valence-electron chi connectivity index (χ3n) is 1.61. The van der Waals surface area contributed by atoms with Crippen LogP contribution in [0.5, 0.6) is 5.75 Å². The molecule has 0 unspecified atom stereocenters. The molecule has 1 rings (SSSR count). The Balaban J connectivity index is 3.11. The first-order chi connectivity index (χ1) is 7.06. The summed E-state index contributed by atoms with van der Waals surface area (Å²) < 4.78 is 18.1. The van der Waals surface area contributed by atoms with Gasteiger partial charge in [0.25, 0.3) is 0 Å². The summed E-state index contributed by atoms with van der Waals surface area (Å²) in [7, 11) is 0. The van der Waals surface area contributed by atoms with E-state index in [1.807, 2.05) is 0 Å². The number of carboxylic acid groups (broad SMARTS) is 1. The number of hydrogen-bond donors (Lipinski definition) is 1. The Kier molecular flexibility index (Phi) is 3.68. The lowest BCUT2D eigenvalue weighted by atomic mass is 10.2. The summed E-state index contributed by atoms with van der Waals surface area (Å²) >= 11 is 5.65. The Morgan fingerprint density at radius 3 is 2.87 bits per heavy atom. The third-order valence-corrected chi connectivity index (χ3v) is 1.90. The predicted molar refractivity (Wildman–Crippen MR) is 54.1 cm³/mol. The highest BCUT2D eigenvalue weighted by molar-refractivity contribution is 6.32. The van der Waals surface area contributed by atoms with Gasteiger partial charge in [0.15, 0.2) is 0 Å². The van der Waals surface area contributed by atoms with Crippen LogP contribution in [0.2, 0.25) is 5.02 Å². The number of aromatic carboxylic acids is 1. The molecule has 0 saturated carbocycles. The van der Waals surface area contributed by atoms with Crippen molar-refractivity contribution in [3.05, 3.63) is 41.2 Å². The first-order valence-electron chi connectivity index (χ1n) is 4.02. The second-order valence-corrected chi connectivity index (χ2v) is 3.07. The molecule has 1 aromatic rings. The topological polar surface area (TPSA) is 46.5 Å². The Hall–Kier alpha value is -1.55. The summed E-state index contributed by atoms with van der Waals surface area (Å²) in [5, 5.41) is 8.67. The zero-order valence-electron chi connectivity index (χ0n) is 7.67. The predicted octanol–water partition coefficient (Wildman–Crippen LogP) is 2.74. The summed E-state index contributed by atoms with van der Waals surface area (Å²) in [5.74, 6) is -2.14. The second-order valence-electron chi connectivity index (χ2n) is 2.67. The van der Waals surface area contributed by atoms with E-state index in [9.17, 15) is 9.18 Å². The molecular weight excluding hydrogens is 223 g/mol. The maximum Gasteiger partial charge on any atom is 0.338 e. The highest BCUT2D eigenvalue weighted by Crippen LogP contribution is 2.27. The van der Waals surface area contributed by atoms with Crippen molar-refractivity contribution >= 4 is 17.6 Å². The van der Waals surface area contributed by atoms with Gasteiger partial charge in [-0.15, -0.1) is 0 Å². The lowest BCUT2D eigenvalue weighted by molar-refractivity contribution is 0.0691. The van der Waals surface area contributed by atoms with Crippen molar-refractivity contribution in [1.29, 1.82) is 0 Å².